The molecule has 1 aromatic carbocycles. The van der Waals surface area contributed by atoms with E-state index in [1.807, 2.05) is 0 Å². The third-order valence-corrected chi connectivity index (χ3v) is 1.62. The highest BCUT2D eigenvalue weighted by atomic mass is 19.1. The molecular weight excluding hydrogens is 189 g/mol. The van der Waals surface area contributed by atoms with Crippen LogP contribution in [-0.4, -0.2) is 18.0 Å². The van der Waals surface area contributed by atoms with Crippen LogP contribution < -0.4 is 11.1 Å². The van der Waals surface area contributed by atoms with E-state index < -0.39 is 10.7 Å². The maximum Gasteiger partial charge on any atom is 0.292 e. The van der Waals surface area contributed by atoms with Gasteiger partial charge < -0.3 is 11.1 Å². The number of hydrogen-bond donors (Lipinski definition) is 2. The monoisotopic (exact) mass is 199 g/mol. The Bertz CT molecular complexity index is 343. The van der Waals surface area contributed by atoms with Gasteiger partial charge in [0.05, 0.1) is 4.92 Å². The molecule has 0 amide bonds. The summed E-state index contributed by atoms with van der Waals surface area (Å²) in [7, 11) is 0. The average Bonchev–Trinajstić information content (AvgIpc) is 2.14. The number of nitrogens with two attached hydrogens (primary N) is 1. The van der Waals surface area contributed by atoms with Crippen LogP contribution in [0.5, 0.6) is 0 Å². The zero-order valence-corrected chi connectivity index (χ0v) is 7.37. The fourth-order valence-electron chi connectivity index (χ4n) is 1.02. The molecule has 0 bridgehead atoms. The highest BCUT2D eigenvalue weighted by Gasteiger charge is 2.13. The minimum absolute atomic E-state index is 0.153. The number of hydrogen-bond acceptors (Lipinski definition) is 4. The highest BCUT2D eigenvalue weighted by molar-refractivity contribution is 5.61. The highest BCUT2D eigenvalue weighted by Crippen LogP contribution is 2.24. The van der Waals surface area contributed by atoms with Crippen molar-refractivity contribution in [2.24, 2.45) is 5.73 Å². The summed E-state index contributed by atoms with van der Waals surface area (Å²) in [5, 5.41) is 13.2. The summed E-state index contributed by atoms with van der Waals surface area (Å²) in [6.07, 6.45) is 0. The van der Waals surface area contributed by atoms with Crippen molar-refractivity contribution in [3.05, 3.63) is 34.1 Å². The Labute approximate surface area is 79.9 Å². The molecule has 0 saturated carbocycles. The Morgan fingerprint density at radius 1 is 1.57 bits per heavy atom. The number of nitro groups is 1. The molecule has 1 aromatic rings. The zero-order chi connectivity index (χ0) is 10.6. The second kappa shape index (κ2) is 4.52. The van der Waals surface area contributed by atoms with Gasteiger partial charge in [-0.25, -0.2) is 4.39 Å². The first-order valence-electron chi connectivity index (χ1n) is 4.03. The van der Waals surface area contributed by atoms with Gasteiger partial charge in [0.2, 0.25) is 0 Å². The van der Waals surface area contributed by atoms with Crippen molar-refractivity contribution >= 4 is 11.4 Å². The Morgan fingerprint density at radius 3 is 2.86 bits per heavy atom. The van der Waals surface area contributed by atoms with Crippen molar-refractivity contribution in [3.63, 3.8) is 0 Å². The van der Waals surface area contributed by atoms with E-state index in [0.29, 0.717) is 13.1 Å². The molecule has 3 N–H and O–H groups in total. The molecule has 5 nitrogen and oxygen atoms in total. The third kappa shape index (κ3) is 2.40. The van der Waals surface area contributed by atoms with E-state index >= 15 is 0 Å². The molecule has 76 valence electrons. The second-order valence-electron chi connectivity index (χ2n) is 2.63. The fourth-order valence-corrected chi connectivity index (χ4v) is 1.02. The normalized spacial score (nSPS) is 9.86. The number of nitro benzene ring substituents is 1. The molecule has 0 aliphatic carbocycles. The lowest BCUT2D eigenvalue weighted by Gasteiger charge is -2.04. The third-order valence-electron chi connectivity index (χ3n) is 1.62. The van der Waals surface area contributed by atoms with Gasteiger partial charge in [-0.3, -0.25) is 10.1 Å². The maximum absolute atomic E-state index is 12.7. The second-order valence-corrected chi connectivity index (χ2v) is 2.63. The molecular formula is C8H10FN3O2. The molecule has 14 heavy (non-hydrogen) atoms. The van der Waals surface area contributed by atoms with E-state index in [1.54, 1.807) is 0 Å². The first-order valence-corrected chi connectivity index (χ1v) is 4.03. The van der Waals surface area contributed by atoms with Crippen molar-refractivity contribution < 1.29 is 9.31 Å². The lowest BCUT2D eigenvalue weighted by molar-refractivity contribution is -0.384. The lowest BCUT2D eigenvalue weighted by atomic mass is 10.2. The summed E-state index contributed by atoms with van der Waals surface area (Å²) in [6, 6.07) is 3.24. The van der Waals surface area contributed by atoms with Crippen LogP contribution >= 0.6 is 0 Å². The first kappa shape index (κ1) is 10.4. The van der Waals surface area contributed by atoms with E-state index in [9.17, 15) is 14.5 Å². The summed E-state index contributed by atoms with van der Waals surface area (Å²) in [4.78, 5) is 9.94. The number of halogens is 1. The Balaban J connectivity index is 2.97. The lowest BCUT2D eigenvalue weighted by Crippen LogP contribution is -2.14. The number of nitrogens with one attached hydrogen (secondary N) is 1. The van der Waals surface area contributed by atoms with Crippen molar-refractivity contribution in [2.75, 3.05) is 18.4 Å². The van der Waals surface area contributed by atoms with E-state index in [0.717, 1.165) is 18.2 Å². The van der Waals surface area contributed by atoms with Crippen molar-refractivity contribution in [1.29, 1.82) is 0 Å². The van der Waals surface area contributed by atoms with Crippen LogP contribution in [-0.2, 0) is 0 Å². The van der Waals surface area contributed by atoms with Crippen LogP contribution in [0.2, 0.25) is 0 Å². The van der Waals surface area contributed by atoms with Gasteiger partial charge in [0.1, 0.15) is 11.5 Å². The van der Waals surface area contributed by atoms with Crippen molar-refractivity contribution in [2.45, 2.75) is 0 Å². The molecule has 0 fully saturated rings. The van der Waals surface area contributed by atoms with Gasteiger partial charge in [-0.1, -0.05) is 0 Å². The van der Waals surface area contributed by atoms with Gasteiger partial charge in [0.15, 0.2) is 0 Å². The van der Waals surface area contributed by atoms with E-state index in [2.05, 4.69) is 5.32 Å². The molecule has 0 heterocycles. The summed E-state index contributed by atoms with van der Waals surface area (Å²) in [6.45, 7) is 0.692. The summed E-state index contributed by atoms with van der Waals surface area (Å²) in [5.41, 5.74) is 5.21. The topological polar surface area (TPSA) is 81.2 Å². The number of anilines is 1. The molecule has 1 rings (SSSR count). The quantitative estimate of drug-likeness (QED) is 0.562. The standard InChI is InChI=1S/C8H10FN3O2/c9-6-1-2-8(12(13)14)7(5-6)11-4-3-10/h1-2,5,11H,3-4,10H2. The van der Waals surface area contributed by atoms with Crippen molar-refractivity contribution in [1.82, 2.24) is 0 Å². The van der Waals surface area contributed by atoms with Gasteiger partial charge in [-0.05, 0) is 6.07 Å². The smallest absolute Gasteiger partial charge is 0.292 e. The average molecular weight is 199 g/mol. The Kier molecular flexibility index (Phi) is 3.35. The molecule has 0 aromatic heterocycles. The van der Waals surface area contributed by atoms with E-state index in [-0.39, 0.29) is 11.4 Å². The van der Waals surface area contributed by atoms with Gasteiger partial charge in [0, 0.05) is 25.2 Å². The van der Waals surface area contributed by atoms with Crippen LogP contribution in [0.1, 0.15) is 0 Å². The first-order chi connectivity index (χ1) is 6.65. The van der Waals surface area contributed by atoms with Crippen molar-refractivity contribution in [3.8, 4) is 0 Å². The zero-order valence-electron chi connectivity index (χ0n) is 7.37. The van der Waals surface area contributed by atoms with Crippen LogP contribution in [0.3, 0.4) is 0 Å². The summed E-state index contributed by atoms with van der Waals surface area (Å²) >= 11 is 0. The number of benzene rings is 1. The number of nitrogens with zero attached hydrogens (tertiary/aromatic N) is 1. The molecule has 6 heteroatoms. The van der Waals surface area contributed by atoms with Gasteiger partial charge >= 0.3 is 0 Å². The molecule has 0 aliphatic rings. The van der Waals surface area contributed by atoms with Gasteiger partial charge in [0.25, 0.3) is 5.69 Å². The van der Waals surface area contributed by atoms with Crippen LogP contribution in [0.4, 0.5) is 15.8 Å². The van der Waals surface area contributed by atoms with Gasteiger partial charge in [-0.2, -0.15) is 0 Å². The van der Waals surface area contributed by atoms with Crippen LogP contribution in [0.15, 0.2) is 18.2 Å². The van der Waals surface area contributed by atoms with E-state index in [4.69, 9.17) is 5.73 Å². The Hall–Kier alpha value is -1.69. The summed E-state index contributed by atoms with van der Waals surface area (Å²) in [5.74, 6) is -0.518. The maximum atomic E-state index is 12.7. The molecule has 0 saturated heterocycles. The molecule has 0 unspecified atom stereocenters. The molecule has 0 spiro atoms. The van der Waals surface area contributed by atoms with Gasteiger partial charge in [-0.15, -0.1) is 0 Å². The Morgan fingerprint density at radius 2 is 2.29 bits per heavy atom. The predicted molar refractivity (Wildman–Crippen MR) is 50.6 cm³/mol. The minimum atomic E-state index is -0.571. The summed E-state index contributed by atoms with van der Waals surface area (Å²) < 4.78 is 12.7. The fraction of sp³-hybridized carbons (Fsp3) is 0.250. The van der Waals surface area contributed by atoms with Crippen LogP contribution in [0.25, 0.3) is 0 Å². The largest absolute Gasteiger partial charge is 0.378 e. The minimum Gasteiger partial charge on any atom is -0.378 e. The number of rotatable bonds is 4. The van der Waals surface area contributed by atoms with Crippen LogP contribution in [0, 0.1) is 15.9 Å². The molecule has 0 atom stereocenters. The molecule has 0 radical (unpaired) electrons. The van der Waals surface area contributed by atoms with E-state index in [1.165, 1.54) is 0 Å². The predicted octanol–water partition coefficient (Wildman–Crippen LogP) is 1.10. The SMILES string of the molecule is NCCNc1cc(F)ccc1[N+](=O)[O-]. The molecule has 0 aliphatic heterocycles.